The Morgan fingerprint density at radius 2 is 2.07 bits per heavy atom. The molecule has 1 N–H and O–H groups in total. The van der Waals surface area contributed by atoms with Crippen LogP contribution in [0.4, 0.5) is 0 Å². The maximum Gasteiger partial charge on any atom is 0.144 e. The molecule has 0 spiro atoms. The molecule has 2 rings (SSSR count). The highest BCUT2D eigenvalue weighted by Crippen LogP contribution is 2.48. The zero-order valence-corrected chi connectivity index (χ0v) is 9.69. The Bertz CT molecular complexity index is 272. The van der Waals surface area contributed by atoms with Crippen LogP contribution in [0.15, 0.2) is 0 Å². The molecule has 86 valence electrons. The number of hydrogen-bond acceptors (Lipinski definition) is 3. The van der Waals surface area contributed by atoms with Gasteiger partial charge in [0.2, 0.25) is 0 Å². The number of ether oxygens (including phenoxy) is 1. The van der Waals surface area contributed by atoms with Crippen LogP contribution in [0.3, 0.4) is 0 Å². The van der Waals surface area contributed by atoms with E-state index in [4.69, 9.17) is 4.74 Å². The molecular formula is C12H20O3. The molecule has 3 heteroatoms. The zero-order valence-electron chi connectivity index (χ0n) is 9.69. The summed E-state index contributed by atoms with van der Waals surface area (Å²) in [6.45, 7) is 4.12. The molecule has 2 saturated carbocycles. The van der Waals surface area contributed by atoms with Crippen LogP contribution in [0.25, 0.3) is 0 Å². The molecule has 0 saturated heterocycles. The molecule has 0 aliphatic heterocycles. The van der Waals surface area contributed by atoms with Gasteiger partial charge in [-0.05, 0) is 24.7 Å². The van der Waals surface area contributed by atoms with Crippen molar-refractivity contribution in [2.75, 3.05) is 7.11 Å². The van der Waals surface area contributed by atoms with Crippen molar-refractivity contribution >= 4 is 5.78 Å². The predicted molar refractivity (Wildman–Crippen MR) is 56.4 cm³/mol. The SMILES string of the molecule is CO[C@@H]1CC[C@@H]2C(=O)[C@H]1C(C)(C)C[C@H]2O. The van der Waals surface area contributed by atoms with Crippen LogP contribution in [0, 0.1) is 17.3 Å². The molecule has 0 aromatic heterocycles. The van der Waals surface area contributed by atoms with Crippen LogP contribution in [0.2, 0.25) is 0 Å². The third-order valence-corrected chi connectivity index (χ3v) is 4.15. The predicted octanol–water partition coefficient (Wildman–Crippen LogP) is 1.39. The van der Waals surface area contributed by atoms with E-state index in [9.17, 15) is 9.90 Å². The molecule has 3 nitrogen and oxygen atoms in total. The number of methoxy groups -OCH3 is 1. The van der Waals surface area contributed by atoms with Crippen LogP contribution in [-0.4, -0.2) is 30.2 Å². The molecule has 0 aromatic rings. The second-order valence-electron chi connectivity index (χ2n) is 5.60. The van der Waals surface area contributed by atoms with E-state index in [1.807, 2.05) is 0 Å². The normalized spacial score (nSPS) is 44.1. The minimum atomic E-state index is -0.443. The average Bonchev–Trinajstić information content (AvgIpc) is 2.13. The van der Waals surface area contributed by atoms with Crippen LogP contribution in [-0.2, 0) is 9.53 Å². The number of ketones is 1. The first-order chi connectivity index (χ1) is 6.97. The van der Waals surface area contributed by atoms with Gasteiger partial charge >= 0.3 is 0 Å². The lowest BCUT2D eigenvalue weighted by atomic mass is 9.57. The van der Waals surface area contributed by atoms with Gasteiger partial charge in [-0.15, -0.1) is 0 Å². The molecule has 0 radical (unpaired) electrons. The highest BCUT2D eigenvalue weighted by atomic mass is 16.5. The number of carbonyl (C=O) groups is 1. The van der Waals surface area contributed by atoms with Crippen molar-refractivity contribution in [2.24, 2.45) is 17.3 Å². The number of rotatable bonds is 1. The van der Waals surface area contributed by atoms with Crippen molar-refractivity contribution in [2.45, 2.75) is 45.3 Å². The van der Waals surface area contributed by atoms with Crippen molar-refractivity contribution in [3.05, 3.63) is 0 Å². The summed E-state index contributed by atoms with van der Waals surface area (Å²) in [4.78, 5) is 12.2. The van der Waals surface area contributed by atoms with E-state index in [0.29, 0.717) is 6.42 Å². The van der Waals surface area contributed by atoms with E-state index in [0.717, 1.165) is 12.8 Å². The first kappa shape index (κ1) is 11.1. The molecule has 0 amide bonds. The molecule has 4 atom stereocenters. The van der Waals surface area contributed by atoms with Gasteiger partial charge in [0.15, 0.2) is 0 Å². The summed E-state index contributed by atoms with van der Waals surface area (Å²) in [6.07, 6.45) is 2.01. The Kier molecular flexibility index (Phi) is 2.63. The van der Waals surface area contributed by atoms with Gasteiger partial charge in [0.1, 0.15) is 5.78 Å². The Hall–Kier alpha value is -0.410. The lowest BCUT2D eigenvalue weighted by Crippen LogP contribution is -2.55. The van der Waals surface area contributed by atoms with Gasteiger partial charge in [0.05, 0.1) is 12.2 Å². The third-order valence-electron chi connectivity index (χ3n) is 4.15. The molecule has 15 heavy (non-hydrogen) atoms. The maximum atomic E-state index is 12.2. The summed E-state index contributed by atoms with van der Waals surface area (Å²) in [5.41, 5.74) is -0.131. The molecule has 0 aromatic carbocycles. The fraction of sp³-hybridized carbons (Fsp3) is 0.917. The Morgan fingerprint density at radius 1 is 1.40 bits per heavy atom. The first-order valence-corrected chi connectivity index (χ1v) is 5.72. The molecule has 0 heterocycles. The highest BCUT2D eigenvalue weighted by Gasteiger charge is 2.53. The van der Waals surface area contributed by atoms with Crippen molar-refractivity contribution in [1.82, 2.24) is 0 Å². The van der Waals surface area contributed by atoms with E-state index in [1.165, 1.54) is 0 Å². The summed E-state index contributed by atoms with van der Waals surface area (Å²) in [5, 5.41) is 9.92. The fourth-order valence-electron chi connectivity index (χ4n) is 3.40. The molecule has 0 unspecified atom stereocenters. The highest BCUT2D eigenvalue weighted by molar-refractivity contribution is 5.87. The van der Waals surface area contributed by atoms with Crippen molar-refractivity contribution in [3.8, 4) is 0 Å². The standard InChI is InChI=1S/C12H20O3/c1-12(2)6-8(13)7-4-5-9(15-3)10(12)11(7)14/h7-10,13H,4-6H2,1-3H3/t7-,8+,9+,10-/m0/s1. The fourth-order valence-corrected chi connectivity index (χ4v) is 3.40. The van der Waals surface area contributed by atoms with Gasteiger partial charge in [-0.3, -0.25) is 4.79 Å². The van der Waals surface area contributed by atoms with Gasteiger partial charge in [0, 0.05) is 18.9 Å². The van der Waals surface area contributed by atoms with Crippen LogP contribution in [0.1, 0.15) is 33.1 Å². The lowest BCUT2D eigenvalue weighted by molar-refractivity contribution is -0.161. The van der Waals surface area contributed by atoms with Gasteiger partial charge in [-0.2, -0.15) is 0 Å². The second-order valence-corrected chi connectivity index (χ2v) is 5.60. The summed E-state index contributed by atoms with van der Waals surface area (Å²) >= 11 is 0. The van der Waals surface area contributed by atoms with E-state index in [1.54, 1.807) is 7.11 Å². The number of fused-ring (bicyclic) bond motifs is 2. The number of aliphatic hydroxyl groups excluding tert-OH is 1. The summed E-state index contributed by atoms with van der Waals surface area (Å²) < 4.78 is 5.42. The number of hydrogen-bond donors (Lipinski definition) is 1. The van der Waals surface area contributed by atoms with E-state index in [2.05, 4.69) is 13.8 Å². The Balaban J connectivity index is 2.31. The summed E-state index contributed by atoms with van der Waals surface area (Å²) in [7, 11) is 1.68. The van der Waals surface area contributed by atoms with Gasteiger partial charge < -0.3 is 9.84 Å². The quantitative estimate of drug-likeness (QED) is 0.714. The number of aliphatic hydroxyl groups is 1. The number of carbonyl (C=O) groups excluding carboxylic acids is 1. The first-order valence-electron chi connectivity index (χ1n) is 5.72. The van der Waals surface area contributed by atoms with E-state index in [-0.39, 0.29) is 29.1 Å². The third kappa shape index (κ3) is 1.62. The second kappa shape index (κ2) is 3.56. The van der Waals surface area contributed by atoms with Gasteiger partial charge in [0.25, 0.3) is 0 Å². The lowest BCUT2D eigenvalue weighted by Gasteiger charge is -2.49. The topological polar surface area (TPSA) is 46.5 Å². The van der Waals surface area contributed by atoms with Crippen LogP contribution >= 0.6 is 0 Å². The molecule has 2 bridgehead atoms. The summed E-state index contributed by atoms with van der Waals surface area (Å²) in [5.74, 6) is 0.0657. The average molecular weight is 212 g/mol. The van der Waals surface area contributed by atoms with E-state index >= 15 is 0 Å². The number of Topliss-reactive ketones (excluding diaryl/α,β-unsaturated/α-hetero) is 1. The Labute approximate surface area is 90.8 Å². The van der Waals surface area contributed by atoms with Crippen molar-refractivity contribution in [1.29, 1.82) is 0 Å². The monoisotopic (exact) mass is 212 g/mol. The van der Waals surface area contributed by atoms with Gasteiger partial charge in [-0.1, -0.05) is 13.8 Å². The van der Waals surface area contributed by atoms with Crippen molar-refractivity contribution < 1.29 is 14.6 Å². The van der Waals surface area contributed by atoms with E-state index < -0.39 is 6.10 Å². The van der Waals surface area contributed by atoms with Crippen LogP contribution in [0.5, 0.6) is 0 Å². The molecule has 2 aliphatic carbocycles. The van der Waals surface area contributed by atoms with Crippen LogP contribution < -0.4 is 0 Å². The maximum absolute atomic E-state index is 12.2. The van der Waals surface area contributed by atoms with Gasteiger partial charge in [-0.25, -0.2) is 0 Å². The molecule has 2 aliphatic rings. The Morgan fingerprint density at radius 3 is 2.67 bits per heavy atom. The molecular weight excluding hydrogens is 192 g/mol. The summed E-state index contributed by atoms with van der Waals surface area (Å²) in [6, 6.07) is 0. The molecule has 2 fully saturated rings. The smallest absolute Gasteiger partial charge is 0.144 e. The minimum absolute atomic E-state index is 0.0235. The largest absolute Gasteiger partial charge is 0.392 e. The zero-order chi connectivity index (χ0) is 11.2. The minimum Gasteiger partial charge on any atom is -0.392 e. The van der Waals surface area contributed by atoms with Crippen molar-refractivity contribution in [3.63, 3.8) is 0 Å².